The third kappa shape index (κ3) is 3.55. The summed E-state index contributed by atoms with van der Waals surface area (Å²) in [4.78, 5) is 0. The van der Waals surface area contributed by atoms with Crippen molar-refractivity contribution in [3.8, 4) is 11.1 Å². The summed E-state index contributed by atoms with van der Waals surface area (Å²) in [6, 6.07) is 2.35. The predicted molar refractivity (Wildman–Crippen MR) is 81.1 cm³/mol. The van der Waals surface area contributed by atoms with Gasteiger partial charge in [-0.1, -0.05) is 17.7 Å². The van der Waals surface area contributed by atoms with Crippen LogP contribution in [0.3, 0.4) is 0 Å². The molecule has 0 saturated carbocycles. The molecule has 0 aromatic heterocycles. The minimum Gasteiger partial charge on any atom is -0.221 e. The third-order valence-electron chi connectivity index (χ3n) is 4.23. The van der Waals surface area contributed by atoms with Crippen LogP contribution >= 0.6 is 0 Å². The van der Waals surface area contributed by atoms with Gasteiger partial charge in [-0.25, -0.2) is 13.2 Å². The summed E-state index contributed by atoms with van der Waals surface area (Å²) in [6.45, 7) is 1.96. The van der Waals surface area contributed by atoms with Gasteiger partial charge in [-0.3, -0.25) is 0 Å². The summed E-state index contributed by atoms with van der Waals surface area (Å²) < 4.78 is 149. The normalized spacial score (nSPS) is 15.3. The van der Waals surface area contributed by atoms with Gasteiger partial charge in [0.15, 0.2) is 0 Å². The number of alkyl halides is 9. The Morgan fingerprint density at radius 3 is 1.72 bits per heavy atom. The zero-order valence-corrected chi connectivity index (χ0v) is 14.5. The van der Waals surface area contributed by atoms with E-state index in [0.29, 0.717) is 12.1 Å². The molecule has 0 amide bonds. The van der Waals surface area contributed by atoms with Crippen LogP contribution in [0.4, 0.5) is 48.3 Å². The quantitative estimate of drug-likeness (QED) is 0.448. The summed E-state index contributed by atoms with van der Waals surface area (Å²) in [5.74, 6) is -9.61. The molecule has 0 heterocycles. The Hall–Kier alpha value is -2.33. The van der Waals surface area contributed by atoms with Crippen LogP contribution in [-0.4, -0.2) is 18.3 Å². The number of hydrogen-bond donors (Lipinski definition) is 0. The molecule has 0 saturated heterocycles. The number of hydrogen-bond acceptors (Lipinski definition) is 0. The monoisotopic (exact) mass is 436 g/mol. The van der Waals surface area contributed by atoms with Crippen LogP contribution in [0.2, 0.25) is 0 Å². The summed E-state index contributed by atoms with van der Waals surface area (Å²) in [6.07, 6.45) is -13.7. The Morgan fingerprint density at radius 2 is 1.24 bits per heavy atom. The molecule has 0 nitrogen and oxygen atoms in total. The van der Waals surface area contributed by atoms with Crippen LogP contribution in [-0.2, 0) is 5.67 Å². The van der Waals surface area contributed by atoms with Crippen molar-refractivity contribution in [1.82, 2.24) is 0 Å². The fraction of sp³-hybridized carbons (Fsp3) is 0.333. The lowest BCUT2D eigenvalue weighted by Crippen LogP contribution is -2.60. The second-order valence-corrected chi connectivity index (χ2v) is 6.36. The van der Waals surface area contributed by atoms with E-state index in [1.54, 1.807) is 0 Å². The first-order valence-corrected chi connectivity index (χ1v) is 7.72. The van der Waals surface area contributed by atoms with Gasteiger partial charge in [-0.05, 0) is 43.2 Å². The molecule has 0 aliphatic rings. The molecule has 2 aromatic rings. The largest absolute Gasteiger partial charge is 0.457 e. The van der Waals surface area contributed by atoms with Gasteiger partial charge >= 0.3 is 23.9 Å². The van der Waals surface area contributed by atoms with E-state index < -0.39 is 57.8 Å². The molecule has 29 heavy (non-hydrogen) atoms. The Morgan fingerprint density at radius 1 is 0.690 bits per heavy atom. The zero-order valence-electron chi connectivity index (χ0n) is 14.5. The van der Waals surface area contributed by atoms with Crippen molar-refractivity contribution in [3.05, 3.63) is 58.7 Å². The molecule has 0 fully saturated rings. The van der Waals surface area contributed by atoms with Gasteiger partial charge in [0, 0.05) is 11.1 Å². The molecule has 11 heteroatoms. The van der Waals surface area contributed by atoms with Crippen LogP contribution < -0.4 is 0 Å². The number of benzene rings is 2. The van der Waals surface area contributed by atoms with Crippen LogP contribution in [0.25, 0.3) is 11.1 Å². The minimum absolute atomic E-state index is 0.111. The van der Waals surface area contributed by atoms with Crippen LogP contribution in [0.15, 0.2) is 30.3 Å². The van der Waals surface area contributed by atoms with Crippen LogP contribution in [0, 0.1) is 25.5 Å². The lowest BCUT2D eigenvalue weighted by molar-refractivity contribution is -0.389. The Labute approximate surface area is 156 Å². The lowest BCUT2D eigenvalue weighted by Gasteiger charge is -2.37. The molecule has 0 bridgehead atoms. The Balaban J connectivity index is 3.07. The highest BCUT2D eigenvalue weighted by Gasteiger charge is 2.82. The van der Waals surface area contributed by atoms with Crippen LogP contribution in [0.1, 0.15) is 16.7 Å². The van der Waals surface area contributed by atoms with Crippen LogP contribution in [0.5, 0.6) is 0 Å². The summed E-state index contributed by atoms with van der Waals surface area (Å²) in [5, 5.41) is 0. The molecular formula is C18H11F11. The fourth-order valence-corrected chi connectivity index (χ4v) is 2.98. The van der Waals surface area contributed by atoms with Crippen molar-refractivity contribution in [3.63, 3.8) is 0 Å². The fourth-order valence-electron chi connectivity index (χ4n) is 2.98. The van der Waals surface area contributed by atoms with Gasteiger partial charge in [0.2, 0.25) is 0 Å². The highest BCUT2D eigenvalue weighted by atomic mass is 19.4. The maximum atomic E-state index is 15.0. The van der Waals surface area contributed by atoms with Gasteiger partial charge in [0.1, 0.15) is 11.6 Å². The van der Waals surface area contributed by atoms with Crippen molar-refractivity contribution in [2.45, 2.75) is 37.8 Å². The first-order chi connectivity index (χ1) is 12.9. The molecule has 0 aliphatic carbocycles. The molecule has 1 unspecified atom stereocenters. The molecule has 0 spiro atoms. The number of halogens is 11. The van der Waals surface area contributed by atoms with E-state index in [1.807, 2.05) is 0 Å². The Kier molecular flexibility index (Phi) is 5.44. The highest BCUT2D eigenvalue weighted by molar-refractivity contribution is 5.74. The molecule has 0 N–H and O–H groups in total. The average Bonchev–Trinajstić information content (AvgIpc) is 2.53. The molecule has 2 aromatic carbocycles. The van der Waals surface area contributed by atoms with Gasteiger partial charge in [0.05, 0.1) is 0 Å². The smallest absolute Gasteiger partial charge is 0.221 e. The number of aryl methyl sites for hydroxylation is 2. The first kappa shape index (κ1) is 23.0. The van der Waals surface area contributed by atoms with E-state index in [0.717, 1.165) is 19.9 Å². The van der Waals surface area contributed by atoms with Crippen molar-refractivity contribution >= 4 is 0 Å². The Bertz CT molecular complexity index is 925. The third-order valence-corrected chi connectivity index (χ3v) is 4.23. The summed E-state index contributed by atoms with van der Waals surface area (Å²) in [7, 11) is 0. The maximum Gasteiger partial charge on any atom is 0.457 e. The molecule has 2 rings (SSSR count). The van der Waals surface area contributed by atoms with Gasteiger partial charge in [0.25, 0.3) is 0 Å². The molecule has 0 aliphatic heterocycles. The standard InChI is InChI=1S/C18H11F11/c1-8-5-9(2)14(11-7-10(19)3-4-13(11)20)12(6-8)15(21,17(24,25)26)16(22,23)18(27,28)29/h3-7H,1-2H3. The lowest BCUT2D eigenvalue weighted by atomic mass is 9.80. The molecule has 1 atom stereocenters. The molecule has 0 radical (unpaired) electrons. The van der Waals surface area contributed by atoms with Gasteiger partial charge < -0.3 is 0 Å². The van der Waals surface area contributed by atoms with E-state index in [-0.39, 0.29) is 17.7 Å². The van der Waals surface area contributed by atoms with E-state index in [4.69, 9.17) is 0 Å². The SMILES string of the molecule is Cc1cc(C)c(-c2cc(F)ccc2F)c(C(F)(C(F)(F)F)C(F)(F)C(F)(F)F)c1. The first-order valence-electron chi connectivity index (χ1n) is 7.72. The predicted octanol–water partition coefficient (Wildman–Crippen LogP) is 7.17. The van der Waals surface area contributed by atoms with Gasteiger partial charge in [-0.2, -0.15) is 35.1 Å². The minimum atomic E-state index is -6.94. The highest BCUT2D eigenvalue weighted by Crippen LogP contribution is 2.60. The maximum absolute atomic E-state index is 15.0. The van der Waals surface area contributed by atoms with Crippen molar-refractivity contribution < 1.29 is 48.3 Å². The molecule has 160 valence electrons. The summed E-state index contributed by atoms with van der Waals surface area (Å²) in [5.41, 5.74) is -11.6. The average molecular weight is 436 g/mol. The van der Waals surface area contributed by atoms with E-state index >= 15 is 4.39 Å². The number of rotatable bonds is 3. The summed E-state index contributed by atoms with van der Waals surface area (Å²) >= 11 is 0. The van der Waals surface area contributed by atoms with E-state index in [1.165, 1.54) is 0 Å². The van der Waals surface area contributed by atoms with Crippen molar-refractivity contribution in [1.29, 1.82) is 0 Å². The van der Waals surface area contributed by atoms with Crippen molar-refractivity contribution in [2.24, 2.45) is 0 Å². The van der Waals surface area contributed by atoms with Crippen molar-refractivity contribution in [2.75, 3.05) is 0 Å². The second kappa shape index (κ2) is 6.88. The second-order valence-electron chi connectivity index (χ2n) is 6.36. The zero-order chi connectivity index (χ0) is 22.6. The topological polar surface area (TPSA) is 0 Å². The van der Waals surface area contributed by atoms with E-state index in [2.05, 4.69) is 0 Å². The van der Waals surface area contributed by atoms with Gasteiger partial charge in [-0.15, -0.1) is 0 Å². The van der Waals surface area contributed by atoms with E-state index in [9.17, 15) is 43.9 Å². The molecular weight excluding hydrogens is 425 g/mol.